The highest BCUT2D eigenvalue weighted by Gasteiger charge is 2.32. The van der Waals surface area contributed by atoms with E-state index in [2.05, 4.69) is 37.4 Å². The highest BCUT2D eigenvalue weighted by Crippen LogP contribution is 2.41. The summed E-state index contributed by atoms with van der Waals surface area (Å²) in [5.74, 6) is 1.70. The van der Waals surface area contributed by atoms with Crippen molar-refractivity contribution in [3.8, 4) is 16.6 Å². The van der Waals surface area contributed by atoms with Crippen molar-refractivity contribution in [1.29, 1.82) is 5.26 Å². The minimum atomic E-state index is 0.521. The molecule has 7 heteroatoms. The van der Waals surface area contributed by atoms with Crippen LogP contribution in [-0.4, -0.2) is 26.5 Å². The SMILES string of the molecule is N#Cc1cnc(-c2cnc(NCC3CCC3c3ccccn3)nc2)s1. The Morgan fingerprint density at radius 3 is 2.64 bits per heavy atom. The van der Waals surface area contributed by atoms with Gasteiger partial charge in [-0.3, -0.25) is 4.98 Å². The molecule has 0 spiro atoms. The summed E-state index contributed by atoms with van der Waals surface area (Å²) >= 11 is 1.34. The van der Waals surface area contributed by atoms with Gasteiger partial charge in [0.2, 0.25) is 5.95 Å². The van der Waals surface area contributed by atoms with Gasteiger partial charge in [-0.25, -0.2) is 15.0 Å². The third-order valence-corrected chi connectivity index (χ3v) is 5.47. The fraction of sp³-hybridized carbons (Fsp3) is 0.278. The average molecular weight is 348 g/mol. The molecule has 1 aliphatic carbocycles. The first-order valence-electron chi connectivity index (χ1n) is 8.16. The highest BCUT2D eigenvalue weighted by molar-refractivity contribution is 7.15. The molecule has 1 N–H and O–H groups in total. The Kier molecular flexibility index (Phi) is 4.36. The molecule has 4 rings (SSSR count). The number of aromatic nitrogens is 4. The van der Waals surface area contributed by atoms with Crippen LogP contribution in [-0.2, 0) is 0 Å². The molecule has 3 heterocycles. The predicted octanol–water partition coefficient (Wildman–Crippen LogP) is 3.47. The Morgan fingerprint density at radius 1 is 1.12 bits per heavy atom. The first-order chi connectivity index (χ1) is 12.3. The summed E-state index contributed by atoms with van der Waals surface area (Å²) in [5, 5.41) is 13.0. The minimum Gasteiger partial charge on any atom is -0.354 e. The number of rotatable bonds is 5. The van der Waals surface area contributed by atoms with Crippen molar-refractivity contribution < 1.29 is 0 Å². The molecule has 0 radical (unpaired) electrons. The second kappa shape index (κ2) is 6.95. The average Bonchev–Trinajstić information content (AvgIpc) is 3.12. The smallest absolute Gasteiger partial charge is 0.222 e. The molecular weight excluding hydrogens is 332 g/mol. The van der Waals surface area contributed by atoms with Gasteiger partial charge in [0.25, 0.3) is 0 Å². The standard InChI is InChI=1S/C18H16N6S/c19-7-14-11-21-17(25-14)13-9-23-18(24-10-13)22-8-12-4-5-15(12)16-3-1-2-6-20-16/h1-3,6,9-12,15H,4-5,8H2,(H,22,23,24). The van der Waals surface area contributed by atoms with Crippen molar-refractivity contribution in [2.45, 2.75) is 18.8 Å². The number of thiazole rings is 1. The van der Waals surface area contributed by atoms with Crippen molar-refractivity contribution >= 4 is 17.3 Å². The first kappa shape index (κ1) is 15.7. The molecule has 124 valence electrons. The van der Waals surface area contributed by atoms with Gasteiger partial charge >= 0.3 is 0 Å². The van der Waals surface area contributed by atoms with Gasteiger partial charge in [-0.15, -0.1) is 11.3 Å². The Labute approximate surface area is 149 Å². The lowest BCUT2D eigenvalue weighted by molar-refractivity contribution is 0.264. The second-order valence-corrected chi connectivity index (χ2v) is 7.05. The zero-order chi connectivity index (χ0) is 17.1. The van der Waals surface area contributed by atoms with E-state index in [0.717, 1.165) is 17.1 Å². The van der Waals surface area contributed by atoms with Crippen LogP contribution in [0.15, 0.2) is 43.0 Å². The van der Waals surface area contributed by atoms with Gasteiger partial charge < -0.3 is 5.32 Å². The van der Waals surface area contributed by atoms with Gasteiger partial charge in [0, 0.05) is 42.3 Å². The van der Waals surface area contributed by atoms with Crippen molar-refractivity contribution in [3.63, 3.8) is 0 Å². The number of nitriles is 1. The summed E-state index contributed by atoms with van der Waals surface area (Å²) in [7, 11) is 0. The van der Waals surface area contributed by atoms with Crippen LogP contribution < -0.4 is 5.32 Å². The fourth-order valence-electron chi connectivity index (χ4n) is 3.01. The Bertz CT molecular complexity index is 884. The van der Waals surface area contributed by atoms with Crippen LogP contribution >= 0.6 is 11.3 Å². The molecule has 3 aromatic heterocycles. The lowest BCUT2D eigenvalue weighted by Crippen LogP contribution is -2.31. The van der Waals surface area contributed by atoms with Crippen LogP contribution in [0.25, 0.3) is 10.6 Å². The molecule has 1 saturated carbocycles. The molecule has 25 heavy (non-hydrogen) atoms. The first-order valence-corrected chi connectivity index (χ1v) is 8.98. The maximum atomic E-state index is 8.87. The summed E-state index contributed by atoms with van der Waals surface area (Å²) in [4.78, 5) is 18.0. The molecule has 0 bridgehead atoms. The molecule has 1 fully saturated rings. The summed E-state index contributed by atoms with van der Waals surface area (Å²) in [5.41, 5.74) is 2.00. The zero-order valence-corrected chi connectivity index (χ0v) is 14.3. The van der Waals surface area contributed by atoms with Gasteiger partial charge in [0.05, 0.1) is 6.20 Å². The van der Waals surface area contributed by atoms with Gasteiger partial charge in [-0.2, -0.15) is 5.26 Å². The van der Waals surface area contributed by atoms with E-state index in [0.29, 0.717) is 22.7 Å². The van der Waals surface area contributed by atoms with Gasteiger partial charge in [0.15, 0.2) is 0 Å². The van der Waals surface area contributed by atoms with E-state index in [1.165, 1.54) is 29.9 Å². The molecule has 0 aliphatic heterocycles. The van der Waals surface area contributed by atoms with E-state index in [9.17, 15) is 0 Å². The van der Waals surface area contributed by atoms with E-state index in [1.807, 2.05) is 18.3 Å². The lowest BCUT2D eigenvalue weighted by Gasteiger charge is -2.36. The second-order valence-electron chi connectivity index (χ2n) is 6.02. The summed E-state index contributed by atoms with van der Waals surface area (Å²) in [6, 6.07) is 8.19. The Morgan fingerprint density at radius 2 is 2.00 bits per heavy atom. The number of nitrogens with zero attached hydrogens (tertiary/aromatic N) is 5. The monoisotopic (exact) mass is 348 g/mol. The summed E-state index contributed by atoms with van der Waals surface area (Å²) in [6.45, 7) is 0.844. The molecule has 0 saturated heterocycles. The Balaban J connectivity index is 1.36. The van der Waals surface area contributed by atoms with Gasteiger partial charge in [-0.05, 0) is 30.9 Å². The normalized spacial score (nSPS) is 19.0. The van der Waals surface area contributed by atoms with E-state index in [4.69, 9.17) is 5.26 Å². The maximum absolute atomic E-state index is 8.87. The molecule has 3 aromatic rings. The minimum absolute atomic E-state index is 0.521. The van der Waals surface area contributed by atoms with Crippen LogP contribution in [0.5, 0.6) is 0 Å². The van der Waals surface area contributed by atoms with Crippen LogP contribution in [0.2, 0.25) is 0 Å². The number of nitrogens with one attached hydrogen (secondary N) is 1. The van der Waals surface area contributed by atoms with Gasteiger partial charge in [-0.1, -0.05) is 6.07 Å². The molecule has 2 unspecified atom stereocenters. The predicted molar refractivity (Wildman–Crippen MR) is 96.0 cm³/mol. The Hall–Kier alpha value is -2.85. The molecule has 6 nitrogen and oxygen atoms in total. The van der Waals surface area contributed by atoms with Crippen molar-refractivity contribution in [1.82, 2.24) is 19.9 Å². The molecule has 0 aromatic carbocycles. The fourth-order valence-corrected chi connectivity index (χ4v) is 3.70. The van der Waals surface area contributed by atoms with E-state index in [1.54, 1.807) is 18.6 Å². The topological polar surface area (TPSA) is 87.4 Å². The molecule has 1 aliphatic rings. The summed E-state index contributed by atoms with van der Waals surface area (Å²) < 4.78 is 0. The molecule has 0 amide bonds. The van der Waals surface area contributed by atoms with Crippen LogP contribution in [0, 0.1) is 17.2 Å². The third kappa shape index (κ3) is 3.35. The quantitative estimate of drug-likeness (QED) is 0.759. The van der Waals surface area contributed by atoms with E-state index in [-0.39, 0.29) is 0 Å². The van der Waals surface area contributed by atoms with Gasteiger partial charge in [0.1, 0.15) is 16.0 Å². The van der Waals surface area contributed by atoms with Crippen molar-refractivity contribution in [2.75, 3.05) is 11.9 Å². The van der Waals surface area contributed by atoms with Crippen molar-refractivity contribution in [2.24, 2.45) is 5.92 Å². The number of anilines is 1. The number of hydrogen-bond acceptors (Lipinski definition) is 7. The lowest BCUT2D eigenvalue weighted by atomic mass is 9.71. The zero-order valence-electron chi connectivity index (χ0n) is 13.5. The largest absolute Gasteiger partial charge is 0.354 e. The number of pyridine rings is 1. The highest BCUT2D eigenvalue weighted by atomic mass is 32.1. The third-order valence-electron chi connectivity index (χ3n) is 4.52. The number of hydrogen-bond donors (Lipinski definition) is 1. The van der Waals surface area contributed by atoms with E-state index >= 15 is 0 Å². The molecular formula is C18H16N6S. The van der Waals surface area contributed by atoms with E-state index < -0.39 is 0 Å². The van der Waals surface area contributed by atoms with Crippen molar-refractivity contribution in [3.05, 3.63) is 53.6 Å². The van der Waals surface area contributed by atoms with Crippen LogP contribution in [0.3, 0.4) is 0 Å². The van der Waals surface area contributed by atoms with Crippen LogP contribution in [0.1, 0.15) is 29.3 Å². The summed E-state index contributed by atoms with van der Waals surface area (Å²) in [6.07, 6.45) is 9.30. The maximum Gasteiger partial charge on any atom is 0.222 e. The van der Waals surface area contributed by atoms with Crippen LogP contribution in [0.4, 0.5) is 5.95 Å². The molecule has 2 atom stereocenters.